The molecule has 0 heterocycles. The average Bonchev–Trinajstić information content (AvgIpc) is 2.77. The quantitative estimate of drug-likeness (QED) is 0.842. The van der Waals surface area contributed by atoms with Crippen LogP contribution in [0.15, 0.2) is 22.2 Å². The molecule has 1 N–H and O–H groups in total. The van der Waals surface area contributed by atoms with Crippen LogP contribution in [0.4, 0.5) is 0 Å². The normalized spacial score (nSPS) is 21.0. The molecule has 0 atom stereocenters. The Balaban J connectivity index is 1.63. The van der Waals surface area contributed by atoms with Crippen molar-refractivity contribution in [2.45, 2.75) is 44.9 Å². The van der Waals surface area contributed by atoms with Gasteiger partial charge in [-0.15, -0.1) is 0 Å². The van der Waals surface area contributed by atoms with Gasteiger partial charge in [0.1, 0.15) is 0 Å². The number of allylic oxidation sites excluding steroid dienone is 3. The number of carbonyl (C=O) groups excluding carboxylic acids is 1. The highest BCUT2D eigenvalue weighted by atomic mass is 79.9. The third-order valence-corrected chi connectivity index (χ3v) is 4.22. The van der Waals surface area contributed by atoms with E-state index in [0.29, 0.717) is 0 Å². The second-order valence-corrected chi connectivity index (χ2v) is 6.05. The van der Waals surface area contributed by atoms with Crippen LogP contribution < -0.4 is 5.32 Å². The van der Waals surface area contributed by atoms with Gasteiger partial charge in [-0.1, -0.05) is 60.2 Å². The molecule has 0 aromatic heterocycles. The van der Waals surface area contributed by atoms with Crippen molar-refractivity contribution in [2.24, 2.45) is 5.92 Å². The van der Waals surface area contributed by atoms with Crippen molar-refractivity contribution in [3.05, 3.63) is 22.2 Å². The molecule has 2 aliphatic carbocycles. The van der Waals surface area contributed by atoms with E-state index in [4.69, 9.17) is 0 Å². The lowest BCUT2D eigenvalue weighted by molar-refractivity contribution is -0.117. The lowest BCUT2D eigenvalue weighted by atomic mass is 9.87. The maximum absolute atomic E-state index is 11.8. The first-order valence-electron chi connectivity index (χ1n) is 6.59. The van der Waals surface area contributed by atoms with E-state index in [-0.39, 0.29) is 5.91 Å². The molecule has 1 amide bonds. The van der Waals surface area contributed by atoms with Crippen LogP contribution >= 0.6 is 15.9 Å². The molecule has 1 saturated carbocycles. The van der Waals surface area contributed by atoms with Crippen LogP contribution in [-0.4, -0.2) is 12.5 Å². The monoisotopic (exact) mass is 297 g/mol. The largest absolute Gasteiger partial charge is 0.352 e. The second kappa shape index (κ2) is 6.39. The molecule has 17 heavy (non-hydrogen) atoms. The highest BCUT2D eigenvalue weighted by Crippen LogP contribution is 2.26. The minimum atomic E-state index is 0.103. The van der Waals surface area contributed by atoms with Crippen molar-refractivity contribution in [3.63, 3.8) is 0 Å². The Morgan fingerprint density at radius 1 is 1.29 bits per heavy atom. The minimum absolute atomic E-state index is 0.103. The van der Waals surface area contributed by atoms with E-state index in [1.54, 1.807) is 0 Å². The maximum atomic E-state index is 11.8. The van der Waals surface area contributed by atoms with Crippen LogP contribution in [0.3, 0.4) is 0 Å². The van der Waals surface area contributed by atoms with E-state index in [1.807, 2.05) is 12.2 Å². The standard InChI is InChI=1S/C14H20BrNO/c15-13-7-6-12(10-13)14(17)16-9-8-11-4-2-1-3-5-11/h6-7,11H,1-5,8-10H2,(H,16,17). The Morgan fingerprint density at radius 2 is 2.06 bits per heavy atom. The molecule has 0 bridgehead atoms. The number of hydrogen-bond acceptors (Lipinski definition) is 1. The van der Waals surface area contributed by atoms with Crippen LogP contribution in [-0.2, 0) is 4.79 Å². The fourth-order valence-corrected chi connectivity index (χ4v) is 3.06. The topological polar surface area (TPSA) is 29.1 Å². The van der Waals surface area contributed by atoms with Crippen LogP contribution in [0, 0.1) is 5.92 Å². The zero-order valence-electron chi connectivity index (χ0n) is 10.2. The Bertz CT molecular complexity index is 340. The van der Waals surface area contributed by atoms with Crippen LogP contribution in [0.2, 0.25) is 0 Å². The van der Waals surface area contributed by atoms with Crippen LogP contribution in [0.5, 0.6) is 0 Å². The zero-order chi connectivity index (χ0) is 12.1. The van der Waals surface area contributed by atoms with E-state index in [1.165, 1.54) is 32.1 Å². The van der Waals surface area contributed by atoms with Gasteiger partial charge in [0.25, 0.3) is 0 Å². The smallest absolute Gasteiger partial charge is 0.247 e. The molecule has 3 heteroatoms. The van der Waals surface area contributed by atoms with Crippen LogP contribution in [0.25, 0.3) is 0 Å². The summed E-state index contributed by atoms with van der Waals surface area (Å²) in [4.78, 5) is 11.8. The van der Waals surface area contributed by atoms with Gasteiger partial charge in [-0.3, -0.25) is 4.79 Å². The molecule has 2 rings (SSSR count). The molecule has 0 radical (unpaired) electrons. The van der Waals surface area contributed by atoms with Crippen molar-refractivity contribution < 1.29 is 4.79 Å². The van der Waals surface area contributed by atoms with Crippen molar-refractivity contribution in [3.8, 4) is 0 Å². The van der Waals surface area contributed by atoms with E-state index in [9.17, 15) is 4.79 Å². The summed E-state index contributed by atoms with van der Waals surface area (Å²) in [5.74, 6) is 0.943. The molecular formula is C14H20BrNO. The highest BCUT2D eigenvalue weighted by molar-refractivity contribution is 9.11. The summed E-state index contributed by atoms with van der Waals surface area (Å²) < 4.78 is 1.09. The molecule has 2 aliphatic rings. The Hall–Kier alpha value is -0.570. The first-order valence-corrected chi connectivity index (χ1v) is 7.38. The number of amides is 1. The van der Waals surface area contributed by atoms with Gasteiger partial charge in [-0.05, 0) is 16.8 Å². The van der Waals surface area contributed by atoms with E-state index < -0.39 is 0 Å². The van der Waals surface area contributed by atoms with Crippen LogP contribution in [0.1, 0.15) is 44.9 Å². The number of carbonyl (C=O) groups is 1. The number of nitrogens with one attached hydrogen (secondary N) is 1. The molecule has 0 aromatic rings. The fourth-order valence-electron chi connectivity index (χ4n) is 2.63. The number of hydrogen-bond donors (Lipinski definition) is 1. The highest BCUT2D eigenvalue weighted by Gasteiger charge is 2.16. The summed E-state index contributed by atoms with van der Waals surface area (Å²) in [6.45, 7) is 0.832. The summed E-state index contributed by atoms with van der Waals surface area (Å²) in [5.41, 5.74) is 0.875. The van der Waals surface area contributed by atoms with Crippen molar-refractivity contribution in [1.29, 1.82) is 0 Å². The number of rotatable bonds is 4. The lowest BCUT2D eigenvalue weighted by Gasteiger charge is -2.21. The molecule has 0 saturated heterocycles. The summed E-state index contributed by atoms with van der Waals surface area (Å²) in [6.07, 6.45) is 12.6. The first kappa shape index (κ1) is 12.9. The molecule has 94 valence electrons. The fraction of sp³-hybridized carbons (Fsp3) is 0.643. The molecule has 1 fully saturated rings. The average molecular weight is 298 g/mol. The third-order valence-electron chi connectivity index (χ3n) is 3.68. The van der Waals surface area contributed by atoms with Gasteiger partial charge >= 0.3 is 0 Å². The molecule has 0 spiro atoms. The predicted octanol–water partition coefficient (Wildman–Crippen LogP) is 3.68. The van der Waals surface area contributed by atoms with E-state index >= 15 is 0 Å². The van der Waals surface area contributed by atoms with Gasteiger partial charge in [0.2, 0.25) is 5.91 Å². The zero-order valence-corrected chi connectivity index (χ0v) is 11.8. The van der Waals surface area contributed by atoms with Gasteiger partial charge in [0, 0.05) is 18.5 Å². The van der Waals surface area contributed by atoms with E-state index in [2.05, 4.69) is 21.2 Å². The van der Waals surface area contributed by atoms with Crippen molar-refractivity contribution in [1.82, 2.24) is 5.32 Å². The molecule has 2 nitrogen and oxygen atoms in total. The van der Waals surface area contributed by atoms with Gasteiger partial charge in [-0.25, -0.2) is 0 Å². The SMILES string of the molecule is O=C(NCCC1CCCCC1)C1=CC=C(Br)C1. The van der Waals surface area contributed by atoms with Gasteiger partial charge in [0.15, 0.2) is 0 Å². The van der Waals surface area contributed by atoms with Gasteiger partial charge < -0.3 is 5.32 Å². The molecular weight excluding hydrogens is 278 g/mol. The minimum Gasteiger partial charge on any atom is -0.352 e. The summed E-state index contributed by atoms with van der Waals surface area (Å²) in [5, 5.41) is 3.03. The first-order chi connectivity index (χ1) is 8.25. The van der Waals surface area contributed by atoms with Crippen molar-refractivity contribution >= 4 is 21.8 Å². The van der Waals surface area contributed by atoms with E-state index in [0.717, 1.165) is 35.4 Å². The van der Waals surface area contributed by atoms with Crippen molar-refractivity contribution in [2.75, 3.05) is 6.54 Å². The Labute approximate surface area is 112 Å². The molecule has 0 aromatic carbocycles. The van der Waals surface area contributed by atoms with Gasteiger partial charge in [0.05, 0.1) is 0 Å². The second-order valence-electron chi connectivity index (χ2n) is 5.03. The maximum Gasteiger partial charge on any atom is 0.247 e. The predicted molar refractivity (Wildman–Crippen MR) is 73.9 cm³/mol. The van der Waals surface area contributed by atoms with Gasteiger partial charge in [-0.2, -0.15) is 0 Å². The summed E-state index contributed by atoms with van der Waals surface area (Å²) in [6, 6.07) is 0. The third kappa shape index (κ3) is 3.98. The molecule has 0 unspecified atom stereocenters. The molecule has 0 aliphatic heterocycles. The summed E-state index contributed by atoms with van der Waals surface area (Å²) >= 11 is 3.41. The lowest BCUT2D eigenvalue weighted by Crippen LogP contribution is -2.27. The summed E-state index contributed by atoms with van der Waals surface area (Å²) in [7, 11) is 0. The Kier molecular flexibility index (Phi) is 4.84. The Morgan fingerprint density at radius 3 is 2.71 bits per heavy atom. The number of halogens is 1.